The van der Waals surface area contributed by atoms with Gasteiger partial charge in [0, 0.05) is 21.6 Å². The Kier molecular flexibility index (Phi) is 6.79. The Labute approximate surface area is 184 Å². The van der Waals surface area contributed by atoms with Gasteiger partial charge >= 0.3 is 0 Å². The van der Waals surface area contributed by atoms with Crippen LogP contribution in [0.3, 0.4) is 0 Å². The summed E-state index contributed by atoms with van der Waals surface area (Å²) in [5, 5.41) is 12.0. The van der Waals surface area contributed by atoms with Crippen LogP contribution in [0.25, 0.3) is 11.4 Å². The lowest BCUT2D eigenvalue weighted by atomic mass is 10.2. The lowest BCUT2D eigenvalue weighted by molar-refractivity contribution is -0.113. The minimum atomic E-state index is -0.121. The van der Waals surface area contributed by atoms with Crippen molar-refractivity contribution in [3.63, 3.8) is 0 Å². The third kappa shape index (κ3) is 4.76. The van der Waals surface area contributed by atoms with Crippen molar-refractivity contribution in [2.24, 2.45) is 7.05 Å². The Bertz CT molecular complexity index is 983. The Morgan fingerprint density at radius 2 is 1.82 bits per heavy atom. The number of aromatic nitrogens is 3. The van der Waals surface area contributed by atoms with Crippen LogP contribution in [0.15, 0.2) is 50.5 Å². The highest BCUT2D eigenvalue weighted by Crippen LogP contribution is 2.32. The third-order valence-corrected chi connectivity index (χ3v) is 6.24. The average Bonchev–Trinajstić information content (AvgIpc) is 3.03. The number of amides is 1. The van der Waals surface area contributed by atoms with Crippen LogP contribution in [0.4, 0.5) is 5.69 Å². The molecule has 28 heavy (non-hydrogen) atoms. The molecule has 1 amide bonds. The number of aryl methyl sites for hydroxylation is 1. The van der Waals surface area contributed by atoms with Crippen molar-refractivity contribution in [2.45, 2.75) is 12.1 Å². The van der Waals surface area contributed by atoms with Gasteiger partial charge in [0.2, 0.25) is 5.91 Å². The van der Waals surface area contributed by atoms with E-state index in [1.54, 1.807) is 7.11 Å². The number of carbonyl (C=O) groups is 1. The normalized spacial score (nSPS) is 10.8. The van der Waals surface area contributed by atoms with E-state index < -0.39 is 0 Å². The van der Waals surface area contributed by atoms with E-state index in [4.69, 9.17) is 4.74 Å². The maximum atomic E-state index is 12.4. The van der Waals surface area contributed by atoms with Gasteiger partial charge in [-0.15, -0.1) is 10.2 Å². The average molecular weight is 526 g/mol. The highest BCUT2D eigenvalue weighted by atomic mass is 79.9. The van der Waals surface area contributed by atoms with E-state index in [9.17, 15) is 4.79 Å². The zero-order chi connectivity index (χ0) is 20.3. The zero-order valence-corrected chi connectivity index (χ0v) is 19.5. The van der Waals surface area contributed by atoms with E-state index in [2.05, 4.69) is 47.4 Å². The zero-order valence-electron chi connectivity index (χ0n) is 15.5. The fourth-order valence-corrected chi connectivity index (χ4v) is 4.88. The number of rotatable bonds is 6. The minimum Gasteiger partial charge on any atom is -0.497 e. The smallest absolute Gasteiger partial charge is 0.234 e. The lowest BCUT2D eigenvalue weighted by Crippen LogP contribution is -2.15. The van der Waals surface area contributed by atoms with Crippen LogP contribution in [0, 0.1) is 6.92 Å². The molecular weight excluding hydrogens is 508 g/mol. The Balaban J connectivity index is 1.66. The molecule has 0 aliphatic carbocycles. The van der Waals surface area contributed by atoms with Gasteiger partial charge in [-0.05, 0) is 80.7 Å². The second-order valence-corrected chi connectivity index (χ2v) is 8.69. The molecule has 6 nitrogen and oxygen atoms in total. The SMILES string of the molecule is COc1ccc(-c2nnc(SCC(=O)Nc3c(Br)cc(C)cc3Br)n2C)cc1. The van der Waals surface area contributed by atoms with Gasteiger partial charge < -0.3 is 14.6 Å². The van der Waals surface area contributed by atoms with Crippen LogP contribution in [-0.4, -0.2) is 33.5 Å². The number of hydrogen-bond acceptors (Lipinski definition) is 5. The van der Waals surface area contributed by atoms with Crippen LogP contribution in [-0.2, 0) is 11.8 Å². The molecule has 3 rings (SSSR count). The van der Waals surface area contributed by atoms with Crippen LogP contribution in [0.5, 0.6) is 5.75 Å². The molecule has 2 aromatic carbocycles. The number of halogens is 2. The number of ether oxygens (including phenoxy) is 1. The number of nitrogens with zero attached hydrogens (tertiary/aromatic N) is 3. The van der Waals surface area contributed by atoms with E-state index in [1.807, 2.05) is 54.9 Å². The van der Waals surface area contributed by atoms with Gasteiger partial charge in [0.1, 0.15) is 5.75 Å². The third-order valence-electron chi connectivity index (χ3n) is 3.97. The molecule has 0 radical (unpaired) electrons. The molecule has 0 saturated carbocycles. The molecule has 0 bridgehead atoms. The molecule has 0 spiro atoms. The number of hydrogen-bond donors (Lipinski definition) is 1. The molecule has 0 unspecified atom stereocenters. The summed E-state index contributed by atoms with van der Waals surface area (Å²) in [6.07, 6.45) is 0. The van der Waals surface area contributed by atoms with Gasteiger partial charge in [-0.25, -0.2) is 0 Å². The van der Waals surface area contributed by atoms with Gasteiger partial charge in [0.25, 0.3) is 0 Å². The molecule has 1 N–H and O–H groups in total. The first-order chi connectivity index (χ1) is 13.4. The van der Waals surface area contributed by atoms with Crippen molar-refractivity contribution in [3.05, 3.63) is 50.9 Å². The quantitative estimate of drug-likeness (QED) is 0.456. The Morgan fingerprint density at radius 3 is 2.43 bits per heavy atom. The molecule has 0 atom stereocenters. The van der Waals surface area contributed by atoms with Crippen LogP contribution in [0.2, 0.25) is 0 Å². The van der Waals surface area contributed by atoms with Gasteiger partial charge in [-0.3, -0.25) is 4.79 Å². The van der Waals surface area contributed by atoms with Crippen molar-refractivity contribution in [1.29, 1.82) is 0 Å². The second kappa shape index (κ2) is 9.11. The van der Waals surface area contributed by atoms with E-state index in [-0.39, 0.29) is 11.7 Å². The van der Waals surface area contributed by atoms with Gasteiger partial charge in [-0.2, -0.15) is 0 Å². The number of carbonyl (C=O) groups excluding carboxylic acids is 1. The van der Waals surface area contributed by atoms with Crippen molar-refractivity contribution in [1.82, 2.24) is 14.8 Å². The lowest BCUT2D eigenvalue weighted by Gasteiger charge is -2.10. The summed E-state index contributed by atoms with van der Waals surface area (Å²) in [5.74, 6) is 1.62. The minimum absolute atomic E-state index is 0.121. The highest BCUT2D eigenvalue weighted by molar-refractivity contribution is 9.11. The first-order valence-electron chi connectivity index (χ1n) is 8.31. The van der Waals surface area contributed by atoms with E-state index in [1.165, 1.54) is 11.8 Å². The Morgan fingerprint density at radius 1 is 1.18 bits per heavy atom. The second-order valence-electron chi connectivity index (χ2n) is 6.03. The molecule has 0 fully saturated rings. The highest BCUT2D eigenvalue weighted by Gasteiger charge is 2.15. The summed E-state index contributed by atoms with van der Waals surface area (Å²) in [6.45, 7) is 1.99. The fraction of sp³-hybridized carbons (Fsp3) is 0.211. The first kappa shape index (κ1) is 20.9. The molecule has 0 saturated heterocycles. The maximum Gasteiger partial charge on any atom is 0.234 e. The standard InChI is InChI=1S/C19H18Br2N4O2S/c1-11-8-14(20)17(15(21)9-11)22-16(26)10-28-19-24-23-18(25(19)2)12-4-6-13(27-3)7-5-12/h4-9H,10H2,1-3H3,(H,22,26). The number of methoxy groups -OCH3 is 1. The molecule has 3 aromatic rings. The van der Waals surface area contributed by atoms with Gasteiger partial charge in [0.15, 0.2) is 11.0 Å². The van der Waals surface area contributed by atoms with E-state index >= 15 is 0 Å². The number of thioether (sulfide) groups is 1. The fourth-order valence-electron chi connectivity index (χ4n) is 2.56. The molecular formula is C19H18Br2N4O2S. The van der Waals surface area contributed by atoms with Crippen molar-refractivity contribution in [2.75, 3.05) is 18.2 Å². The van der Waals surface area contributed by atoms with E-state index in [0.717, 1.165) is 31.6 Å². The predicted octanol–water partition coefficient (Wildman–Crippen LogP) is 5.05. The van der Waals surface area contributed by atoms with Crippen molar-refractivity contribution >= 4 is 55.2 Å². The monoisotopic (exact) mass is 524 g/mol. The first-order valence-corrected chi connectivity index (χ1v) is 10.9. The van der Waals surface area contributed by atoms with E-state index in [0.29, 0.717) is 10.8 Å². The molecule has 9 heteroatoms. The summed E-state index contributed by atoms with van der Waals surface area (Å²) < 4.78 is 8.72. The molecule has 1 aromatic heterocycles. The van der Waals surface area contributed by atoms with Crippen LogP contribution >= 0.6 is 43.6 Å². The van der Waals surface area contributed by atoms with Crippen LogP contribution in [0.1, 0.15) is 5.56 Å². The summed E-state index contributed by atoms with van der Waals surface area (Å²) in [7, 11) is 3.51. The maximum absolute atomic E-state index is 12.4. The molecule has 146 valence electrons. The number of anilines is 1. The van der Waals surface area contributed by atoms with Crippen LogP contribution < -0.4 is 10.1 Å². The summed E-state index contributed by atoms with van der Waals surface area (Å²) in [5.41, 5.74) is 2.74. The molecule has 0 aliphatic heterocycles. The predicted molar refractivity (Wildman–Crippen MR) is 119 cm³/mol. The van der Waals surface area contributed by atoms with Gasteiger partial charge in [-0.1, -0.05) is 11.8 Å². The van der Waals surface area contributed by atoms with Gasteiger partial charge in [0.05, 0.1) is 18.6 Å². The topological polar surface area (TPSA) is 69.0 Å². The summed E-state index contributed by atoms with van der Waals surface area (Å²) in [6, 6.07) is 11.5. The van der Waals surface area contributed by atoms with Crippen molar-refractivity contribution in [3.8, 4) is 17.1 Å². The van der Waals surface area contributed by atoms with Crippen molar-refractivity contribution < 1.29 is 9.53 Å². The number of nitrogens with one attached hydrogen (secondary N) is 1. The Hall–Kier alpha value is -1.84. The molecule has 0 aliphatic rings. The largest absolute Gasteiger partial charge is 0.497 e. The summed E-state index contributed by atoms with van der Waals surface area (Å²) in [4.78, 5) is 12.4. The summed E-state index contributed by atoms with van der Waals surface area (Å²) >= 11 is 8.31. The molecule has 1 heterocycles. The number of benzene rings is 2.